The van der Waals surface area contributed by atoms with Gasteiger partial charge < -0.3 is 19.7 Å². The number of carbonyl (C=O) groups is 2. The molecule has 0 radical (unpaired) electrons. The first-order valence-corrected chi connectivity index (χ1v) is 7.96. The molecule has 6 heteroatoms. The van der Waals surface area contributed by atoms with Gasteiger partial charge in [0.15, 0.2) is 0 Å². The minimum Gasteiger partial charge on any atom is -0.497 e. The van der Waals surface area contributed by atoms with Gasteiger partial charge in [0.05, 0.1) is 20.1 Å². The summed E-state index contributed by atoms with van der Waals surface area (Å²) in [6.45, 7) is 3.45. The van der Waals surface area contributed by atoms with Gasteiger partial charge in [-0.05, 0) is 37.5 Å². The molecule has 1 saturated heterocycles. The predicted molar refractivity (Wildman–Crippen MR) is 86.5 cm³/mol. The molecule has 1 aliphatic heterocycles. The molecule has 0 unspecified atom stereocenters. The molecule has 126 valence electrons. The molecule has 0 bridgehead atoms. The van der Waals surface area contributed by atoms with Gasteiger partial charge in [-0.15, -0.1) is 0 Å². The molecule has 0 saturated carbocycles. The van der Waals surface area contributed by atoms with E-state index in [-0.39, 0.29) is 18.0 Å². The standard InChI is InChI=1S/C17H24N2O4/c1-3-23-17(21)18-14-7-9-19(10-8-14)16(20)12-13-5-4-6-15(11-13)22-2/h4-6,11,14H,3,7-10,12H2,1-2H3,(H,18,21). The smallest absolute Gasteiger partial charge is 0.407 e. The zero-order valence-electron chi connectivity index (χ0n) is 13.7. The number of hydrogen-bond acceptors (Lipinski definition) is 4. The van der Waals surface area contributed by atoms with Crippen LogP contribution in [0.3, 0.4) is 0 Å². The number of likely N-dealkylation sites (tertiary alicyclic amines) is 1. The molecule has 1 heterocycles. The van der Waals surface area contributed by atoms with E-state index in [1.54, 1.807) is 14.0 Å². The van der Waals surface area contributed by atoms with Gasteiger partial charge in [0.25, 0.3) is 0 Å². The SMILES string of the molecule is CCOC(=O)NC1CCN(C(=O)Cc2cccc(OC)c2)CC1. The van der Waals surface area contributed by atoms with Crippen LogP contribution in [0.25, 0.3) is 0 Å². The molecule has 0 aliphatic carbocycles. The molecule has 1 aromatic carbocycles. The second-order valence-electron chi connectivity index (χ2n) is 5.55. The molecule has 23 heavy (non-hydrogen) atoms. The van der Waals surface area contributed by atoms with Crippen molar-refractivity contribution in [3.63, 3.8) is 0 Å². The first-order chi connectivity index (χ1) is 11.1. The zero-order chi connectivity index (χ0) is 16.7. The highest BCUT2D eigenvalue weighted by Gasteiger charge is 2.24. The average molecular weight is 320 g/mol. The zero-order valence-corrected chi connectivity index (χ0v) is 13.7. The van der Waals surface area contributed by atoms with Crippen LogP contribution in [0.1, 0.15) is 25.3 Å². The third-order valence-electron chi connectivity index (χ3n) is 3.93. The van der Waals surface area contributed by atoms with Crippen molar-refractivity contribution in [1.29, 1.82) is 0 Å². The molecule has 2 rings (SSSR count). The van der Waals surface area contributed by atoms with E-state index < -0.39 is 0 Å². The number of carbonyl (C=O) groups excluding carboxylic acids is 2. The Bertz CT molecular complexity index is 539. The summed E-state index contributed by atoms with van der Waals surface area (Å²) in [6.07, 6.45) is 1.49. The summed E-state index contributed by atoms with van der Waals surface area (Å²) in [7, 11) is 1.61. The third-order valence-corrected chi connectivity index (χ3v) is 3.93. The van der Waals surface area contributed by atoms with E-state index in [1.807, 2.05) is 29.2 Å². The van der Waals surface area contributed by atoms with Gasteiger partial charge in [-0.25, -0.2) is 4.79 Å². The third kappa shape index (κ3) is 5.16. The van der Waals surface area contributed by atoms with Crippen molar-refractivity contribution in [2.24, 2.45) is 0 Å². The Morgan fingerprint density at radius 1 is 1.30 bits per heavy atom. The number of alkyl carbamates (subject to hydrolysis) is 1. The largest absolute Gasteiger partial charge is 0.497 e. The number of benzene rings is 1. The van der Waals surface area contributed by atoms with E-state index >= 15 is 0 Å². The number of piperidine rings is 1. The monoisotopic (exact) mass is 320 g/mol. The maximum atomic E-state index is 12.4. The minimum atomic E-state index is -0.381. The Morgan fingerprint density at radius 3 is 2.70 bits per heavy atom. The van der Waals surface area contributed by atoms with E-state index in [0.29, 0.717) is 26.1 Å². The number of nitrogens with one attached hydrogen (secondary N) is 1. The molecule has 1 N–H and O–H groups in total. The van der Waals surface area contributed by atoms with Gasteiger partial charge >= 0.3 is 6.09 Å². The summed E-state index contributed by atoms with van der Waals surface area (Å²) in [5, 5.41) is 2.83. The molecule has 0 aromatic heterocycles. The Labute approximate surface area is 136 Å². The Kier molecular flexibility index (Phi) is 6.26. The lowest BCUT2D eigenvalue weighted by atomic mass is 10.0. The highest BCUT2D eigenvalue weighted by atomic mass is 16.5. The van der Waals surface area contributed by atoms with Gasteiger partial charge in [0.1, 0.15) is 5.75 Å². The lowest BCUT2D eigenvalue weighted by Crippen LogP contribution is -2.47. The maximum absolute atomic E-state index is 12.4. The van der Waals surface area contributed by atoms with Crippen molar-refractivity contribution in [1.82, 2.24) is 10.2 Å². The van der Waals surface area contributed by atoms with Crippen LogP contribution in [0.5, 0.6) is 5.75 Å². The highest BCUT2D eigenvalue weighted by molar-refractivity contribution is 5.79. The van der Waals surface area contributed by atoms with Crippen molar-refractivity contribution in [3.8, 4) is 5.75 Å². The number of methoxy groups -OCH3 is 1. The summed E-state index contributed by atoms with van der Waals surface area (Å²) in [4.78, 5) is 25.6. The number of amides is 2. The molecule has 1 aromatic rings. The summed E-state index contributed by atoms with van der Waals surface area (Å²) in [5.74, 6) is 0.862. The van der Waals surface area contributed by atoms with E-state index in [1.165, 1.54) is 0 Å². The molecular weight excluding hydrogens is 296 g/mol. The van der Waals surface area contributed by atoms with Gasteiger partial charge in [0, 0.05) is 19.1 Å². The first kappa shape index (κ1) is 17.1. The van der Waals surface area contributed by atoms with Crippen LogP contribution < -0.4 is 10.1 Å². The predicted octanol–water partition coefficient (Wildman–Crippen LogP) is 1.97. The normalized spacial score (nSPS) is 15.1. The number of hydrogen-bond donors (Lipinski definition) is 1. The van der Waals surface area contributed by atoms with Crippen LogP contribution in [-0.2, 0) is 16.0 Å². The minimum absolute atomic E-state index is 0.0786. The fraction of sp³-hybridized carbons (Fsp3) is 0.529. The van der Waals surface area contributed by atoms with Crippen LogP contribution in [-0.4, -0.2) is 49.7 Å². The fourth-order valence-electron chi connectivity index (χ4n) is 2.68. The Balaban J connectivity index is 1.80. The summed E-state index contributed by atoms with van der Waals surface area (Å²) in [6, 6.07) is 7.63. The number of ether oxygens (including phenoxy) is 2. The molecular formula is C17H24N2O4. The average Bonchev–Trinajstić information content (AvgIpc) is 2.56. The van der Waals surface area contributed by atoms with Crippen molar-refractivity contribution in [3.05, 3.63) is 29.8 Å². The van der Waals surface area contributed by atoms with Crippen LogP contribution >= 0.6 is 0 Å². The number of rotatable bonds is 5. The van der Waals surface area contributed by atoms with Gasteiger partial charge in [-0.2, -0.15) is 0 Å². The van der Waals surface area contributed by atoms with Crippen LogP contribution in [0.2, 0.25) is 0 Å². The molecule has 0 atom stereocenters. The highest BCUT2D eigenvalue weighted by Crippen LogP contribution is 2.16. The van der Waals surface area contributed by atoms with Crippen molar-refractivity contribution in [2.45, 2.75) is 32.2 Å². The topological polar surface area (TPSA) is 67.9 Å². The van der Waals surface area contributed by atoms with E-state index in [4.69, 9.17) is 9.47 Å². The Morgan fingerprint density at radius 2 is 2.04 bits per heavy atom. The first-order valence-electron chi connectivity index (χ1n) is 7.96. The van der Waals surface area contributed by atoms with Crippen LogP contribution in [0.15, 0.2) is 24.3 Å². The lowest BCUT2D eigenvalue weighted by molar-refractivity contribution is -0.131. The van der Waals surface area contributed by atoms with E-state index in [9.17, 15) is 9.59 Å². The molecule has 1 fully saturated rings. The quantitative estimate of drug-likeness (QED) is 0.901. The van der Waals surface area contributed by atoms with Crippen molar-refractivity contribution < 1.29 is 19.1 Å². The van der Waals surface area contributed by atoms with Gasteiger partial charge in [0.2, 0.25) is 5.91 Å². The van der Waals surface area contributed by atoms with Crippen LogP contribution in [0, 0.1) is 0 Å². The second kappa shape index (κ2) is 8.41. The van der Waals surface area contributed by atoms with Gasteiger partial charge in [-0.1, -0.05) is 12.1 Å². The second-order valence-corrected chi connectivity index (χ2v) is 5.55. The summed E-state index contributed by atoms with van der Waals surface area (Å²) < 4.78 is 10.1. The van der Waals surface area contributed by atoms with E-state index in [2.05, 4.69) is 5.32 Å². The number of nitrogens with zero attached hydrogens (tertiary/aromatic N) is 1. The van der Waals surface area contributed by atoms with Crippen LogP contribution in [0.4, 0.5) is 4.79 Å². The fourth-order valence-corrected chi connectivity index (χ4v) is 2.68. The molecule has 6 nitrogen and oxygen atoms in total. The summed E-state index contributed by atoms with van der Waals surface area (Å²) >= 11 is 0. The van der Waals surface area contributed by atoms with Gasteiger partial charge in [-0.3, -0.25) is 4.79 Å². The molecule has 1 aliphatic rings. The summed E-state index contributed by atoms with van der Waals surface area (Å²) in [5.41, 5.74) is 0.945. The molecule has 2 amide bonds. The lowest BCUT2D eigenvalue weighted by Gasteiger charge is -2.32. The van der Waals surface area contributed by atoms with E-state index in [0.717, 1.165) is 24.2 Å². The van der Waals surface area contributed by atoms with Crippen molar-refractivity contribution >= 4 is 12.0 Å². The Hall–Kier alpha value is -2.24. The molecule has 0 spiro atoms. The maximum Gasteiger partial charge on any atom is 0.407 e. The van der Waals surface area contributed by atoms with Crippen molar-refractivity contribution in [2.75, 3.05) is 26.8 Å².